The first-order chi connectivity index (χ1) is 17.2. The summed E-state index contributed by atoms with van der Waals surface area (Å²) in [6.07, 6.45) is 0. The molecule has 0 saturated heterocycles. The van der Waals surface area contributed by atoms with Gasteiger partial charge in [0.15, 0.2) is 4.77 Å². The molecule has 0 amide bonds. The van der Waals surface area contributed by atoms with Crippen LogP contribution in [0, 0.1) is 4.77 Å². The molecule has 0 atom stereocenters. The van der Waals surface area contributed by atoms with Crippen LogP contribution in [0.2, 0.25) is 0 Å². The van der Waals surface area contributed by atoms with Crippen molar-refractivity contribution in [3.8, 4) is 17.3 Å². The Morgan fingerprint density at radius 1 is 0.806 bits per heavy atom. The number of para-hydroxylation sites is 2. The number of aromatic nitrogens is 2. The van der Waals surface area contributed by atoms with Crippen LogP contribution >= 0.6 is 12.2 Å². The molecule has 1 heterocycles. The molecule has 11 nitrogen and oxygen atoms in total. The van der Waals surface area contributed by atoms with Crippen molar-refractivity contribution in [1.29, 1.82) is 0 Å². The average Bonchev–Trinajstić information content (AvgIpc) is 2.85. The maximum absolute atomic E-state index is 13.4. The fourth-order valence-electron chi connectivity index (χ4n) is 3.27. The normalized spacial score (nSPS) is 11.4. The molecular formula is C23H19N7O4S2. The molecule has 0 aliphatic heterocycles. The summed E-state index contributed by atoms with van der Waals surface area (Å²) in [5, 5.41) is 19.0. The number of azo groups is 1. The molecule has 0 fully saturated rings. The fraction of sp³-hybridized carbons (Fsp3) is 0. The first-order valence-corrected chi connectivity index (χ1v) is 12.1. The molecule has 13 heteroatoms. The number of hydrogen-bond acceptors (Lipinski definition) is 7. The van der Waals surface area contributed by atoms with Crippen molar-refractivity contribution < 1.29 is 13.5 Å². The van der Waals surface area contributed by atoms with E-state index in [0.29, 0.717) is 11.4 Å². The number of guanidine groups is 1. The Labute approximate surface area is 210 Å². The molecule has 0 bridgehead atoms. The second-order valence-corrected chi connectivity index (χ2v) is 9.26. The first-order valence-electron chi connectivity index (χ1n) is 10.3. The van der Waals surface area contributed by atoms with Gasteiger partial charge < -0.3 is 16.6 Å². The highest BCUT2D eigenvalue weighted by Crippen LogP contribution is 2.29. The van der Waals surface area contributed by atoms with E-state index >= 15 is 0 Å². The third-order valence-corrected chi connectivity index (χ3v) is 6.55. The molecule has 4 rings (SSSR count). The van der Waals surface area contributed by atoms with Crippen molar-refractivity contribution in [3.63, 3.8) is 0 Å². The Kier molecular flexibility index (Phi) is 6.76. The molecule has 0 aliphatic carbocycles. The van der Waals surface area contributed by atoms with Crippen molar-refractivity contribution in [2.24, 2.45) is 26.1 Å². The predicted molar refractivity (Wildman–Crippen MR) is 137 cm³/mol. The van der Waals surface area contributed by atoms with Crippen LogP contribution in [0.1, 0.15) is 0 Å². The molecule has 1 aromatic heterocycles. The van der Waals surface area contributed by atoms with E-state index in [9.17, 15) is 18.3 Å². The van der Waals surface area contributed by atoms with E-state index in [1.165, 1.54) is 33.4 Å². The Morgan fingerprint density at radius 2 is 1.33 bits per heavy atom. The molecule has 0 saturated carbocycles. The minimum Gasteiger partial charge on any atom is -0.492 e. The van der Waals surface area contributed by atoms with Gasteiger partial charge in [0.25, 0.3) is 15.6 Å². The second kappa shape index (κ2) is 9.93. The molecule has 36 heavy (non-hydrogen) atoms. The molecule has 5 N–H and O–H groups in total. The van der Waals surface area contributed by atoms with E-state index in [0.717, 1.165) is 0 Å². The number of rotatable bonds is 6. The lowest BCUT2D eigenvalue weighted by atomic mass is 10.3. The number of hydrogen-bond donors (Lipinski definition) is 3. The summed E-state index contributed by atoms with van der Waals surface area (Å²) < 4.78 is 30.0. The van der Waals surface area contributed by atoms with Crippen LogP contribution in [-0.4, -0.2) is 28.6 Å². The molecular weight excluding hydrogens is 502 g/mol. The summed E-state index contributed by atoms with van der Waals surface area (Å²) in [5.74, 6) is -1.10. The standard InChI is InChI=1S/C23H19N7O4S2/c24-22(25)28-36(33,34)18-13-11-15(12-14-18)26-27-19-20(31)29(16-7-3-1-4-8-16)23(35)30(21(19)32)17-9-5-2-6-10-17/h1-14,31H,(H4,24,25,28). The zero-order valence-corrected chi connectivity index (χ0v) is 20.1. The summed E-state index contributed by atoms with van der Waals surface area (Å²) in [6, 6.07) is 22.6. The Morgan fingerprint density at radius 3 is 1.86 bits per heavy atom. The van der Waals surface area contributed by atoms with E-state index in [4.69, 9.17) is 23.7 Å². The summed E-state index contributed by atoms with van der Waals surface area (Å²) >= 11 is 5.56. The smallest absolute Gasteiger partial charge is 0.290 e. The van der Waals surface area contributed by atoms with E-state index < -0.39 is 27.4 Å². The van der Waals surface area contributed by atoms with Gasteiger partial charge in [0, 0.05) is 0 Å². The molecule has 182 valence electrons. The summed E-state index contributed by atoms with van der Waals surface area (Å²) in [6.45, 7) is 0. The number of aromatic hydroxyl groups is 1. The van der Waals surface area contributed by atoms with Gasteiger partial charge in [0.1, 0.15) is 0 Å². The third-order valence-electron chi connectivity index (χ3n) is 4.87. The quantitative estimate of drug-likeness (QED) is 0.151. The van der Waals surface area contributed by atoms with Gasteiger partial charge in [-0.15, -0.1) is 9.51 Å². The Bertz CT molecular complexity index is 1690. The highest BCUT2D eigenvalue weighted by atomic mass is 32.2. The lowest BCUT2D eigenvalue weighted by Crippen LogP contribution is -2.24. The van der Waals surface area contributed by atoms with Crippen molar-refractivity contribution in [2.45, 2.75) is 4.90 Å². The Balaban J connectivity index is 1.85. The molecule has 0 radical (unpaired) electrons. The van der Waals surface area contributed by atoms with Crippen LogP contribution in [0.25, 0.3) is 11.4 Å². The molecule has 3 aromatic carbocycles. The maximum Gasteiger partial charge on any atom is 0.290 e. The van der Waals surface area contributed by atoms with E-state index in [1.54, 1.807) is 60.7 Å². The van der Waals surface area contributed by atoms with Crippen LogP contribution in [-0.2, 0) is 10.0 Å². The van der Waals surface area contributed by atoms with Crippen LogP contribution < -0.4 is 17.0 Å². The largest absolute Gasteiger partial charge is 0.492 e. The fourth-order valence-corrected chi connectivity index (χ4v) is 4.51. The van der Waals surface area contributed by atoms with Crippen LogP contribution in [0.5, 0.6) is 5.88 Å². The number of sulfonamides is 1. The first kappa shape index (κ1) is 24.5. The summed E-state index contributed by atoms with van der Waals surface area (Å²) in [7, 11) is -4.08. The van der Waals surface area contributed by atoms with Gasteiger partial charge in [0.05, 0.1) is 22.0 Å². The number of nitrogens with zero attached hydrogens (tertiary/aromatic N) is 5. The lowest BCUT2D eigenvalue weighted by Gasteiger charge is -2.15. The average molecular weight is 522 g/mol. The second-order valence-electron chi connectivity index (χ2n) is 7.29. The molecule has 4 aromatic rings. The molecule has 0 spiro atoms. The van der Waals surface area contributed by atoms with Crippen molar-refractivity contribution in [1.82, 2.24) is 9.13 Å². The minimum atomic E-state index is -4.08. The van der Waals surface area contributed by atoms with Gasteiger partial charge in [-0.05, 0) is 60.7 Å². The van der Waals surface area contributed by atoms with E-state index in [2.05, 4.69) is 14.6 Å². The van der Waals surface area contributed by atoms with E-state index in [1.807, 2.05) is 0 Å². The number of nitrogens with two attached hydrogens (primary N) is 2. The van der Waals surface area contributed by atoms with Crippen molar-refractivity contribution in [2.75, 3.05) is 0 Å². The SMILES string of the molecule is NC(N)=NS(=O)(=O)c1ccc(N=Nc2c(O)n(-c3ccccc3)c(=S)n(-c3ccccc3)c2=O)cc1. The van der Waals surface area contributed by atoms with E-state index in [-0.39, 0.29) is 21.0 Å². The third kappa shape index (κ3) is 4.92. The van der Waals surface area contributed by atoms with Crippen molar-refractivity contribution >= 4 is 39.6 Å². The highest BCUT2D eigenvalue weighted by molar-refractivity contribution is 7.90. The number of benzene rings is 3. The minimum absolute atomic E-state index is 0.0307. The van der Waals surface area contributed by atoms with Gasteiger partial charge >= 0.3 is 0 Å². The highest BCUT2D eigenvalue weighted by Gasteiger charge is 2.19. The summed E-state index contributed by atoms with van der Waals surface area (Å²) in [5.41, 5.74) is 10.4. The van der Waals surface area contributed by atoms with Crippen LogP contribution in [0.15, 0.2) is 109 Å². The van der Waals surface area contributed by atoms with Gasteiger partial charge in [0.2, 0.25) is 17.5 Å². The van der Waals surface area contributed by atoms with Gasteiger partial charge in [-0.2, -0.15) is 13.5 Å². The Hall–Kier alpha value is -4.62. The van der Waals surface area contributed by atoms with Gasteiger partial charge in [-0.3, -0.25) is 13.9 Å². The van der Waals surface area contributed by atoms with Crippen LogP contribution in [0.4, 0.5) is 11.4 Å². The van der Waals surface area contributed by atoms with Crippen molar-refractivity contribution in [3.05, 3.63) is 100 Å². The topological polar surface area (TPSA) is 170 Å². The monoisotopic (exact) mass is 521 g/mol. The summed E-state index contributed by atoms with van der Waals surface area (Å²) in [4.78, 5) is 13.2. The molecule has 0 aliphatic rings. The maximum atomic E-state index is 13.4. The molecule has 0 unspecified atom stereocenters. The predicted octanol–water partition coefficient (Wildman–Crippen LogP) is 3.44. The zero-order chi connectivity index (χ0) is 25.9. The lowest BCUT2D eigenvalue weighted by molar-refractivity contribution is 0.432. The van der Waals surface area contributed by atoms with Gasteiger partial charge in [-0.25, -0.2) is 0 Å². The van der Waals surface area contributed by atoms with Gasteiger partial charge in [-0.1, -0.05) is 36.4 Å². The zero-order valence-electron chi connectivity index (χ0n) is 18.5. The van der Waals surface area contributed by atoms with Crippen LogP contribution in [0.3, 0.4) is 0 Å².